The predicted molar refractivity (Wildman–Crippen MR) is 48.8 cm³/mol. The van der Waals surface area contributed by atoms with Crippen LogP contribution in [0, 0.1) is 0 Å². The fourth-order valence-electron chi connectivity index (χ4n) is 0.862. The van der Waals surface area contributed by atoms with Gasteiger partial charge in [0.05, 0.1) is 13.7 Å². The Hall–Kier alpha value is -1.18. The minimum absolute atomic E-state index is 0.413. The molecule has 12 heavy (non-hydrogen) atoms. The molecule has 0 saturated carbocycles. The van der Waals surface area contributed by atoms with Crippen LogP contribution in [0.15, 0.2) is 24.3 Å². The van der Waals surface area contributed by atoms with Crippen molar-refractivity contribution < 1.29 is 10.8 Å². The second kappa shape index (κ2) is 4.65. The van der Waals surface area contributed by atoms with Crippen molar-refractivity contribution in [2.45, 2.75) is 13.3 Å². The summed E-state index contributed by atoms with van der Waals surface area (Å²) in [5, 5.41) is 0. The molecule has 0 aliphatic rings. The summed E-state index contributed by atoms with van der Waals surface area (Å²) in [6.45, 7) is 1.02. The highest BCUT2D eigenvalue weighted by Gasteiger charge is 1.92. The molecule has 0 amide bonds. The molecule has 0 bridgehead atoms. The summed E-state index contributed by atoms with van der Waals surface area (Å²) in [6, 6.07) is 7.44. The third-order valence-electron chi connectivity index (χ3n) is 1.47. The normalized spacial score (nSPS) is 10.6. The molecule has 0 radical (unpaired) electrons. The maximum atomic E-state index is 6.93. The van der Waals surface area contributed by atoms with Crippen LogP contribution < -0.4 is 9.47 Å². The van der Waals surface area contributed by atoms with E-state index in [1.807, 2.05) is 24.3 Å². The van der Waals surface area contributed by atoms with E-state index in [1.54, 1.807) is 7.11 Å². The van der Waals surface area contributed by atoms with Crippen molar-refractivity contribution >= 4 is 0 Å². The molecule has 0 aliphatic heterocycles. The number of ether oxygens (including phenoxy) is 2. The number of rotatable bonds is 4. The Balaban J connectivity index is 2.40. The highest BCUT2D eigenvalue weighted by Crippen LogP contribution is 2.16. The molecule has 66 valence electrons. The topological polar surface area (TPSA) is 18.5 Å². The summed E-state index contributed by atoms with van der Waals surface area (Å²) in [7, 11) is 1.63. The molecule has 0 unspecified atom stereocenters. The number of hydrogen-bond acceptors (Lipinski definition) is 2. The van der Waals surface area contributed by atoms with Gasteiger partial charge in [-0.1, -0.05) is 6.90 Å². The van der Waals surface area contributed by atoms with Gasteiger partial charge < -0.3 is 9.47 Å². The number of benzene rings is 1. The van der Waals surface area contributed by atoms with E-state index < -0.39 is 0 Å². The second-order valence-corrected chi connectivity index (χ2v) is 2.38. The maximum absolute atomic E-state index is 6.93. The summed E-state index contributed by atoms with van der Waals surface area (Å²) >= 11 is 0. The molecule has 0 atom stereocenters. The van der Waals surface area contributed by atoms with Gasteiger partial charge in [0.25, 0.3) is 0 Å². The fourth-order valence-corrected chi connectivity index (χ4v) is 0.862. The SMILES string of the molecule is [2H]CCCOc1ccc(OC)cc1. The van der Waals surface area contributed by atoms with E-state index >= 15 is 0 Å². The van der Waals surface area contributed by atoms with Crippen molar-refractivity contribution in [3.8, 4) is 11.5 Å². The van der Waals surface area contributed by atoms with Gasteiger partial charge in [-0.15, -0.1) is 0 Å². The zero-order valence-corrected chi connectivity index (χ0v) is 7.25. The van der Waals surface area contributed by atoms with Crippen molar-refractivity contribution in [3.63, 3.8) is 0 Å². The molecule has 2 nitrogen and oxygen atoms in total. The van der Waals surface area contributed by atoms with E-state index in [0.717, 1.165) is 17.9 Å². The van der Waals surface area contributed by atoms with Gasteiger partial charge in [0, 0.05) is 1.37 Å². The summed E-state index contributed by atoms with van der Waals surface area (Å²) in [5.74, 6) is 1.65. The summed E-state index contributed by atoms with van der Waals surface area (Å²) in [6.07, 6.45) is 0.770. The molecule has 1 aromatic carbocycles. The lowest BCUT2D eigenvalue weighted by Gasteiger charge is -2.04. The van der Waals surface area contributed by atoms with Crippen LogP contribution in [0.4, 0.5) is 0 Å². The summed E-state index contributed by atoms with van der Waals surface area (Å²) in [4.78, 5) is 0. The highest BCUT2D eigenvalue weighted by atomic mass is 16.5. The first-order valence-electron chi connectivity index (χ1n) is 4.63. The zero-order chi connectivity index (χ0) is 9.52. The largest absolute Gasteiger partial charge is 0.497 e. The van der Waals surface area contributed by atoms with Crippen LogP contribution in [0.1, 0.15) is 14.7 Å². The van der Waals surface area contributed by atoms with E-state index in [1.165, 1.54) is 0 Å². The monoisotopic (exact) mass is 167 g/mol. The molecule has 0 aliphatic carbocycles. The molecular formula is C10H14O2. The lowest BCUT2D eigenvalue weighted by atomic mass is 10.3. The van der Waals surface area contributed by atoms with E-state index in [0.29, 0.717) is 13.5 Å². The van der Waals surface area contributed by atoms with Crippen molar-refractivity contribution in [2.75, 3.05) is 13.7 Å². The first-order chi connectivity index (χ1) is 6.36. The smallest absolute Gasteiger partial charge is 0.119 e. The van der Waals surface area contributed by atoms with Gasteiger partial charge in [-0.3, -0.25) is 0 Å². The van der Waals surface area contributed by atoms with Gasteiger partial charge in [0.15, 0.2) is 0 Å². The van der Waals surface area contributed by atoms with Crippen molar-refractivity contribution in [3.05, 3.63) is 24.3 Å². The van der Waals surface area contributed by atoms with Crippen molar-refractivity contribution in [1.29, 1.82) is 0 Å². The average molecular weight is 167 g/mol. The Bertz CT molecular complexity index is 233. The summed E-state index contributed by atoms with van der Waals surface area (Å²) < 4.78 is 17.3. The first kappa shape index (κ1) is 7.47. The van der Waals surface area contributed by atoms with Gasteiger partial charge >= 0.3 is 0 Å². The molecule has 0 saturated heterocycles. The van der Waals surface area contributed by atoms with Gasteiger partial charge in [-0.05, 0) is 30.7 Å². The molecule has 0 heterocycles. The second-order valence-electron chi connectivity index (χ2n) is 2.38. The Labute approximate surface area is 74.5 Å². The van der Waals surface area contributed by atoms with Crippen LogP contribution in [-0.2, 0) is 0 Å². The molecule has 1 aromatic rings. The van der Waals surface area contributed by atoms with E-state index in [4.69, 9.17) is 10.8 Å². The van der Waals surface area contributed by atoms with Crippen molar-refractivity contribution in [1.82, 2.24) is 0 Å². The third-order valence-corrected chi connectivity index (χ3v) is 1.47. The van der Waals surface area contributed by atoms with Gasteiger partial charge in [0.2, 0.25) is 0 Å². The molecule has 0 fully saturated rings. The predicted octanol–water partition coefficient (Wildman–Crippen LogP) is 2.48. The third kappa shape index (κ3) is 2.46. The molecular weight excluding hydrogens is 152 g/mol. The molecule has 1 rings (SSSR count). The zero-order valence-electron chi connectivity index (χ0n) is 8.25. The molecule has 2 heteroatoms. The van der Waals surface area contributed by atoms with Crippen LogP contribution in [-0.4, -0.2) is 13.7 Å². The average Bonchev–Trinajstić information content (AvgIpc) is 2.19. The lowest BCUT2D eigenvalue weighted by molar-refractivity contribution is 0.316. The number of hydrogen-bond donors (Lipinski definition) is 0. The standard InChI is InChI=1S/C10H14O2/c1-3-8-12-10-6-4-9(11-2)5-7-10/h4-7H,3,8H2,1-2H3/i1D. The molecule has 0 N–H and O–H groups in total. The Morgan fingerprint density at radius 3 is 2.50 bits per heavy atom. The van der Waals surface area contributed by atoms with E-state index in [-0.39, 0.29) is 0 Å². The van der Waals surface area contributed by atoms with Crippen LogP contribution in [0.3, 0.4) is 0 Å². The Morgan fingerprint density at radius 2 is 1.92 bits per heavy atom. The van der Waals surface area contributed by atoms with Crippen LogP contribution in [0.5, 0.6) is 11.5 Å². The minimum Gasteiger partial charge on any atom is -0.497 e. The molecule has 0 spiro atoms. The van der Waals surface area contributed by atoms with Crippen LogP contribution >= 0.6 is 0 Å². The van der Waals surface area contributed by atoms with Gasteiger partial charge in [-0.25, -0.2) is 0 Å². The van der Waals surface area contributed by atoms with Gasteiger partial charge in [0.1, 0.15) is 11.5 Å². The first-order valence-corrected chi connectivity index (χ1v) is 3.93. The fraction of sp³-hybridized carbons (Fsp3) is 0.400. The van der Waals surface area contributed by atoms with E-state index in [9.17, 15) is 0 Å². The van der Waals surface area contributed by atoms with Gasteiger partial charge in [-0.2, -0.15) is 0 Å². The Kier molecular flexibility index (Phi) is 2.89. The summed E-state index contributed by atoms with van der Waals surface area (Å²) in [5.41, 5.74) is 0. The van der Waals surface area contributed by atoms with Crippen LogP contribution in [0.25, 0.3) is 0 Å². The minimum atomic E-state index is 0.413. The Morgan fingerprint density at radius 1 is 1.25 bits per heavy atom. The maximum Gasteiger partial charge on any atom is 0.119 e. The highest BCUT2D eigenvalue weighted by molar-refractivity contribution is 5.30. The van der Waals surface area contributed by atoms with E-state index in [2.05, 4.69) is 0 Å². The quantitative estimate of drug-likeness (QED) is 0.641. The van der Waals surface area contributed by atoms with Crippen LogP contribution in [0.2, 0.25) is 0 Å². The molecule has 0 aromatic heterocycles. The lowest BCUT2D eigenvalue weighted by Crippen LogP contribution is -1.94. The van der Waals surface area contributed by atoms with Crippen molar-refractivity contribution in [2.24, 2.45) is 0 Å². The number of methoxy groups -OCH3 is 1.